The fraction of sp³-hybridized carbons (Fsp3) is 0.368. The smallest absolute Gasteiger partial charge is 0.238 e. The van der Waals surface area contributed by atoms with Gasteiger partial charge < -0.3 is 20.3 Å². The van der Waals surface area contributed by atoms with Gasteiger partial charge in [0.2, 0.25) is 5.91 Å². The average Bonchev–Trinajstić information content (AvgIpc) is 2.69. The number of ether oxygens (including phenoxy) is 1. The molecule has 1 aromatic carbocycles. The Balaban J connectivity index is 1.50. The lowest BCUT2D eigenvalue weighted by molar-refractivity contribution is -0.123. The molecular weight excluding hydrogens is 316 g/mol. The maximum Gasteiger partial charge on any atom is 0.238 e. The van der Waals surface area contributed by atoms with Crippen molar-refractivity contribution >= 4 is 11.6 Å². The summed E-state index contributed by atoms with van der Waals surface area (Å²) >= 11 is 0. The summed E-state index contributed by atoms with van der Waals surface area (Å²) in [4.78, 5) is 18.7. The maximum atomic E-state index is 12.4. The number of pyridine rings is 1. The molecule has 2 heterocycles. The van der Waals surface area contributed by atoms with Crippen LogP contribution in [0.15, 0.2) is 48.8 Å². The van der Waals surface area contributed by atoms with E-state index in [9.17, 15) is 4.79 Å². The van der Waals surface area contributed by atoms with Gasteiger partial charge in [0.05, 0.1) is 7.11 Å². The number of piperazine rings is 1. The predicted molar refractivity (Wildman–Crippen MR) is 97.9 cm³/mol. The lowest BCUT2D eigenvalue weighted by Crippen LogP contribution is -2.57. The van der Waals surface area contributed by atoms with Crippen LogP contribution in [0.1, 0.15) is 5.56 Å². The quantitative estimate of drug-likeness (QED) is 0.828. The fourth-order valence-electron chi connectivity index (χ4n) is 2.96. The Morgan fingerprint density at radius 3 is 2.76 bits per heavy atom. The zero-order valence-electron chi connectivity index (χ0n) is 14.4. The number of nitrogens with one attached hydrogen (secondary N) is 2. The van der Waals surface area contributed by atoms with Crippen molar-refractivity contribution in [2.75, 3.05) is 38.2 Å². The molecule has 2 N–H and O–H groups in total. The molecule has 1 fully saturated rings. The number of hydrogen-bond acceptors (Lipinski definition) is 5. The number of hydrogen-bond donors (Lipinski definition) is 2. The van der Waals surface area contributed by atoms with Crippen LogP contribution in [0.25, 0.3) is 0 Å². The number of carbonyl (C=O) groups excluding carboxylic acids is 1. The largest absolute Gasteiger partial charge is 0.497 e. The van der Waals surface area contributed by atoms with Crippen molar-refractivity contribution in [2.24, 2.45) is 0 Å². The van der Waals surface area contributed by atoms with Crippen molar-refractivity contribution in [2.45, 2.75) is 12.5 Å². The number of aromatic nitrogens is 1. The molecule has 132 valence electrons. The van der Waals surface area contributed by atoms with Gasteiger partial charge in [0, 0.05) is 44.3 Å². The minimum atomic E-state index is -0.201. The van der Waals surface area contributed by atoms with Crippen LogP contribution in [0.4, 0.5) is 5.69 Å². The Bertz CT molecular complexity index is 676. The second-order valence-electron chi connectivity index (χ2n) is 6.05. The molecule has 0 bridgehead atoms. The Kier molecular flexibility index (Phi) is 5.85. The predicted octanol–water partition coefficient (Wildman–Crippen LogP) is 1.23. The van der Waals surface area contributed by atoms with E-state index >= 15 is 0 Å². The first-order chi connectivity index (χ1) is 12.3. The van der Waals surface area contributed by atoms with Gasteiger partial charge in [-0.3, -0.25) is 9.78 Å². The first-order valence-corrected chi connectivity index (χ1v) is 8.55. The van der Waals surface area contributed by atoms with E-state index < -0.39 is 0 Å². The molecule has 1 amide bonds. The Morgan fingerprint density at radius 2 is 2.04 bits per heavy atom. The lowest BCUT2D eigenvalue weighted by atomic mass is 10.1. The van der Waals surface area contributed by atoms with Crippen LogP contribution in [0, 0.1) is 0 Å². The summed E-state index contributed by atoms with van der Waals surface area (Å²) in [6.07, 6.45) is 4.35. The van der Waals surface area contributed by atoms with E-state index in [-0.39, 0.29) is 11.9 Å². The molecule has 3 rings (SSSR count). The van der Waals surface area contributed by atoms with E-state index in [2.05, 4.69) is 20.5 Å². The summed E-state index contributed by atoms with van der Waals surface area (Å²) < 4.78 is 5.20. The second kappa shape index (κ2) is 8.48. The molecular formula is C19H24N4O2. The van der Waals surface area contributed by atoms with Gasteiger partial charge in [0.15, 0.2) is 0 Å². The van der Waals surface area contributed by atoms with Crippen molar-refractivity contribution in [1.29, 1.82) is 0 Å². The van der Waals surface area contributed by atoms with Gasteiger partial charge in [0.1, 0.15) is 11.8 Å². The van der Waals surface area contributed by atoms with Gasteiger partial charge in [-0.15, -0.1) is 0 Å². The number of benzene rings is 1. The molecule has 0 radical (unpaired) electrons. The fourth-order valence-corrected chi connectivity index (χ4v) is 2.96. The Hall–Kier alpha value is -2.60. The van der Waals surface area contributed by atoms with Crippen molar-refractivity contribution in [3.8, 4) is 5.75 Å². The number of carbonyl (C=O) groups is 1. The highest BCUT2D eigenvalue weighted by Crippen LogP contribution is 2.20. The molecule has 6 heteroatoms. The summed E-state index contributed by atoms with van der Waals surface area (Å²) in [5.74, 6) is 0.886. The maximum absolute atomic E-state index is 12.4. The van der Waals surface area contributed by atoms with Crippen molar-refractivity contribution in [3.63, 3.8) is 0 Å². The van der Waals surface area contributed by atoms with Crippen LogP contribution in [-0.4, -0.2) is 50.2 Å². The third-order valence-corrected chi connectivity index (χ3v) is 4.39. The summed E-state index contributed by atoms with van der Waals surface area (Å²) in [6.45, 7) is 2.96. The molecule has 1 saturated heterocycles. The lowest BCUT2D eigenvalue weighted by Gasteiger charge is -2.34. The van der Waals surface area contributed by atoms with Gasteiger partial charge in [-0.05, 0) is 48.4 Å². The molecule has 1 aliphatic heterocycles. The first kappa shape index (κ1) is 17.2. The molecule has 1 unspecified atom stereocenters. The van der Waals surface area contributed by atoms with Crippen LogP contribution in [-0.2, 0) is 11.2 Å². The van der Waals surface area contributed by atoms with E-state index in [0.29, 0.717) is 13.1 Å². The van der Waals surface area contributed by atoms with Crippen LogP contribution < -0.4 is 20.3 Å². The van der Waals surface area contributed by atoms with Gasteiger partial charge in [0.25, 0.3) is 0 Å². The molecule has 1 aliphatic rings. The highest BCUT2D eigenvalue weighted by atomic mass is 16.5. The SMILES string of the molecule is COc1ccc(N2CCNC(C(=O)NCCc3ccncc3)C2)cc1. The third kappa shape index (κ3) is 4.70. The van der Waals surface area contributed by atoms with E-state index in [1.54, 1.807) is 19.5 Å². The summed E-state index contributed by atoms with van der Waals surface area (Å²) in [5.41, 5.74) is 2.28. The van der Waals surface area contributed by atoms with Crippen LogP contribution in [0.2, 0.25) is 0 Å². The van der Waals surface area contributed by atoms with E-state index in [4.69, 9.17) is 4.74 Å². The number of methoxy groups -OCH3 is 1. The molecule has 6 nitrogen and oxygen atoms in total. The zero-order valence-corrected chi connectivity index (χ0v) is 14.4. The number of nitrogens with zero attached hydrogens (tertiary/aromatic N) is 2. The molecule has 1 atom stereocenters. The van der Waals surface area contributed by atoms with Gasteiger partial charge in [-0.2, -0.15) is 0 Å². The van der Waals surface area contributed by atoms with Crippen LogP contribution in [0.5, 0.6) is 5.75 Å². The highest BCUT2D eigenvalue weighted by Gasteiger charge is 2.25. The average molecular weight is 340 g/mol. The monoisotopic (exact) mass is 340 g/mol. The van der Waals surface area contributed by atoms with Crippen LogP contribution in [0.3, 0.4) is 0 Å². The minimum absolute atomic E-state index is 0.0484. The molecule has 2 aromatic rings. The van der Waals surface area contributed by atoms with Crippen molar-refractivity contribution in [1.82, 2.24) is 15.6 Å². The molecule has 0 aliphatic carbocycles. The normalized spacial score (nSPS) is 17.2. The Labute approximate surface area is 148 Å². The van der Waals surface area contributed by atoms with Gasteiger partial charge in [-0.1, -0.05) is 0 Å². The third-order valence-electron chi connectivity index (χ3n) is 4.39. The second-order valence-corrected chi connectivity index (χ2v) is 6.05. The molecule has 1 aromatic heterocycles. The van der Waals surface area contributed by atoms with Crippen molar-refractivity contribution in [3.05, 3.63) is 54.4 Å². The number of rotatable bonds is 6. The summed E-state index contributed by atoms with van der Waals surface area (Å²) in [5, 5.41) is 6.32. The van der Waals surface area contributed by atoms with Gasteiger partial charge >= 0.3 is 0 Å². The van der Waals surface area contributed by atoms with Crippen molar-refractivity contribution < 1.29 is 9.53 Å². The van der Waals surface area contributed by atoms with Crippen LogP contribution >= 0.6 is 0 Å². The zero-order chi connectivity index (χ0) is 17.5. The van der Waals surface area contributed by atoms with E-state index in [0.717, 1.165) is 30.9 Å². The highest BCUT2D eigenvalue weighted by molar-refractivity contribution is 5.82. The minimum Gasteiger partial charge on any atom is -0.497 e. The summed E-state index contributed by atoms with van der Waals surface area (Å²) in [6, 6.07) is 11.7. The topological polar surface area (TPSA) is 66.5 Å². The van der Waals surface area contributed by atoms with Gasteiger partial charge in [-0.25, -0.2) is 0 Å². The Morgan fingerprint density at radius 1 is 1.28 bits per heavy atom. The van der Waals surface area contributed by atoms with E-state index in [1.807, 2.05) is 36.4 Å². The standard InChI is InChI=1S/C19H24N4O2/c1-25-17-4-2-16(3-5-17)23-13-12-21-18(14-23)19(24)22-11-8-15-6-9-20-10-7-15/h2-7,9-10,18,21H,8,11-14H2,1H3,(H,22,24). The number of anilines is 1. The molecule has 25 heavy (non-hydrogen) atoms. The first-order valence-electron chi connectivity index (χ1n) is 8.55. The molecule has 0 spiro atoms. The van der Waals surface area contributed by atoms with E-state index in [1.165, 1.54) is 5.56 Å². The summed E-state index contributed by atoms with van der Waals surface area (Å²) in [7, 11) is 1.66. The number of amides is 1. The molecule has 0 saturated carbocycles.